The van der Waals surface area contributed by atoms with Gasteiger partial charge in [-0.05, 0) is 37.1 Å². The molecule has 0 unspecified atom stereocenters. The second-order valence-corrected chi connectivity index (χ2v) is 6.83. The zero-order valence-electron chi connectivity index (χ0n) is 15.2. The Morgan fingerprint density at radius 1 is 1.12 bits per heavy atom. The number of benzene rings is 2. The standard InChI is InChI=1S/C21H22N2O2S/c1-4-18-19(15-10-7-6-8-11-15)23(5-2)21(26-18)22-20(24)16-12-9-13-17(14-16)25-3/h6-14H,4-5H2,1-3H3. The number of methoxy groups -OCH3 is 1. The van der Waals surface area contributed by atoms with Gasteiger partial charge in [-0.1, -0.05) is 43.3 Å². The quantitative estimate of drug-likeness (QED) is 0.665. The molecule has 4 nitrogen and oxygen atoms in total. The lowest BCUT2D eigenvalue weighted by Crippen LogP contribution is -2.17. The van der Waals surface area contributed by atoms with Gasteiger partial charge in [0.2, 0.25) is 0 Å². The maximum absolute atomic E-state index is 12.7. The van der Waals surface area contributed by atoms with E-state index < -0.39 is 0 Å². The fraction of sp³-hybridized carbons (Fsp3) is 0.238. The lowest BCUT2D eigenvalue weighted by molar-refractivity contribution is 0.0997. The number of aryl methyl sites for hydroxylation is 1. The highest BCUT2D eigenvalue weighted by molar-refractivity contribution is 7.09. The van der Waals surface area contributed by atoms with Crippen LogP contribution in [0.25, 0.3) is 11.3 Å². The van der Waals surface area contributed by atoms with Crippen LogP contribution >= 0.6 is 11.3 Å². The summed E-state index contributed by atoms with van der Waals surface area (Å²) >= 11 is 1.58. The van der Waals surface area contributed by atoms with Crippen LogP contribution in [0.2, 0.25) is 0 Å². The summed E-state index contributed by atoms with van der Waals surface area (Å²) in [6, 6.07) is 17.4. The third-order valence-electron chi connectivity index (χ3n) is 4.18. The fourth-order valence-electron chi connectivity index (χ4n) is 2.90. The van der Waals surface area contributed by atoms with Crippen LogP contribution in [0.4, 0.5) is 0 Å². The summed E-state index contributed by atoms with van der Waals surface area (Å²) in [5, 5.41) is 0. The maximum atomic E-state index is 12.7. The normalized spacial score (nSPS) is 11.6. The van der Waals surface area contributed by atoms with Crippen molar-refractivity contribution in [2.45, 2.75) is 26.8 Å². The molecule has 26 heavy (non-hydrogen) atoms. The Hall–Kier alpha value is -2.66. The Morgan fingerprint density at radius 2 is 1.88 bits per heavy atom. The zero-order chi connectivity index (χ0) is 18.5. The van der Waals surface area contributed by atoms with Gasteiger partial charge in [0.25, 0.3) is 5.91 Å². The molecule has 0 fully saturated rings. The van der Waals surface area contributed by atoms with E-state index in [1.807, 2.05) is 24.3 Å². The lowest BCUT2D eigenvalue weighted by Gasteiger charge is -2.08. The minimum atomic E-state index is -0.255. The van der Waals surface area contributed by atoms with E-state index in [4.69, 9.17) is 4.74 Å². The molecule has 0 saturated heterocycles. The van der Waals surface area contributed by atoms with E-state index >= 15 is 0 Å². The molecule has 1 aromatic heterocycles. The van der Waals surface area contributed by atoms with Gasteiger partial charge in [0.1, 0.15) is 5.75 Å². The van der Waals surface area contributed by atoms with Gasteiger partial charge in [0.05, 0.1) is 12.8 Å². The molecule has 134 valence electrons. The highest BCUT2D eigenvalue weighted by Gasteiger charge is 2.14. The molecule has 5 heteroatoms. The highest BCUT2D eigenvalue weighted by atomic mass is 32.1. The van der Waals surface area contributed by atoms with Crippen molar-refractivity contribution in [2.24, 2.45) is 4.99 Å². The van der Waals surface area contributed by atoms with Gasteiger partial charge in [-0.3, -0.25) is 4.79 Å². The Balaban J connectivity index is 2.11. The molecular weight excluding hydrogens is 344 g/mol. The van der Waals surface area contributed by atoms with E-state index in [1.165, 1.54) is 4.88 Å². The van der Waals surface area contributed by atoms with Gasteiger partial charge in [-0.25, -0.2) is 0 Å². The van der Waals surface area contributed by atoms with Crippen LogP contribution in [0.5, 0.6) is 5.75 Å². The first kappa shape index (κ1) is 18.1. The summed E-state index contributed by atoms with van der Waals surface area (Å²) < 4.78 is 7.32. The lowest BCUT2D eigenvalue weighted by atomic mass is 10.1. The average Bonchev–Trinajstić information content (AvgIpc) is 3.05. The number of nitrogens with zero attached hydrogens (tertiary/aromatic N) is 2. The number of carbonyl (C=O) groups excluding carboxylic acids is 1. The number of amides is 1. The average molecular weight is 366 g/mol. The third kappa shape index (κ3) is 3.63. The minimum Gasteiger partial charge on any atom is -0.497 e. The first-order valence-electron chi connectivity index (χ1n) is 8.69. The molecule has 0 aliphatic carbocycles. The molecule has 1 amide bonds. The monoisotopic (exact) mass is 366 g/mol. The van der Waals surface area contributed by atoms with Crippen molar-refractivity contribution in [1.82, 2.24) is 4.57 Å². The van der Waals surface area contributed by atoms with Crippen molar-refractivity contribution < 1.29 is 9.53 Å². The second kappa shape index (κ2) is 8.15. The largest absolute Gasteiger partial charge is 0.497 e. The molecule has 0 aliphatic rings. The summed E-state index contributed by atoms with van der Waals surface area (Å²) in [5.41, 5.74) is 2.83. The summed E-state index contributed by atoms with van der Waals surface area (Å²) in [7, 11) is 1.59. The Labute approximate surface area is 157 Å². The topological polar surface area (TPSA) is 43.6 Å². The van der Waals surface area contributed by atoms with Crippen LogP contribution in [-0.4, -0.2) is 17.6 Å². The molecule has 0 atom stereocenters. The van der Waals surface area contributed by atoms with Crippen molar-refractivity contribution in [1.29, 1.82) is 0 Å². The minimum absolute atomic E-state index is 0.255. The molecular formula is C21H22N2O2S. The summed E-state index contributed by atoms with van der Waals surface area (Å²) in [5.74, 6) is 0.398. The SMILES string of the molecule is CCc1sc(=NC(=O)c2cccc(OC)c2)n(CC)c1-c1ccccc1. The van der Waals surface area contributed by atoms with Gasteiger partial charge in [0.15, 0.2) is 4.80 Å². The van der Waals surface area contributed by atoms with Crippen molar-refractivity contribution in [3.05, 3.63) is 69.8 Å². The molecule has 0 aliphatic heterocycles. The van der Waals surface area contributed by atoms with E-state index in [1.54, 1.807) is 36.6 Å². The number of aromatic nitrogens is 1. The molecule has 0 spiro atoms. The van der Waals surface area contributed by atoms with E-state index in [9.17, 15) is 4.79 Å². The molecule has 0 radical (unpaired) electrons. The molecule has 3 rings (SSSR count). The molecule has 1 heterocycles. The van der Waals surface area contributed by atoms with Crippen LogP contribution in [-0.2, 0) is 13.0 Å². The number of thiazole rings is 1. The van der Waals surface area contributed by atoms with Crippen molar-refractivity contribution in [3.63, 3.8) is 0 Å². The maximum Gasteiger partial charge on any atom is 0.279 e. The summed E-state index contributed by atoms with van der Waals surface area (Å²) in [6.45, 7) is 4.96. The van der Waals surface area contributed by atoms with Crippen molar-refractivity contribution >= 4 is 17.2 Å². The Kier molecular flexibility index (Phi) is 5.68. The Bertz CT molecular complexity index is 971. The fourth-order valence-corrected chi connectivity index (χ4v) is 4.04. The van der Waals surface area contributed by atoms with Crippen molar-refractivity contribution in [2.75, 3.05) is 7.11 Å². The summed E-state index contributed by atoms with van der Waals surface area (Å²) in [4.78, 5) is 19.0. The molecule has 0 bridgehead atoms. The first-order chi connectivity index (χ1) is 12.7. The summed E-state index contributed by atoms with van der Waals surface area (Å²) in [6.07, 6.45) is 0.901. The molecule has 0 saturated carbocycles. The van der Waals surface area contributed by atoms with Crippen LogP contribution in [0.15, 0.2) is 59.6 Å². The van der Waals surface area contributed by atoms with Crippen LogP contribution < -0.4 is 9.54 Å². The molecule has 3 aromatic rings. The van der Waals surface area contributed by atoms with Gasteiger partial charge < -0.3 is 9.30 Å². The molecule has 0 N–H and O–H groups in total. The second-order valence-electron chi connectivity index (χ2n) is 5.77. The molecule has 2 aromatic carbocycles. The predicted molar refractivity (Wildman–Crippen MR) is 106 cm³/mol. The highest BCUT2D eigenvalue weighted by Crippen LogP contribution is 2.26. The van der Waals surface area contributed by atoms with Crippen LogP contribution in [0.1, 0.15) is 29.1 Å². The van der Waals surface area contributed by atoms with E-state index in [2.05, 4.69) is 35.5 Å². The number of carbonyl (C=O) groups is 1. The van der Waals surface area contributed by atoms with E-state index in [0.29, 0.717) is 11.3 Å². The van der Waals surface area contributed by atoms with Gasteiger partial charge in [0, 0.05) is 17.0 Å². The zero-order valence-corrected chi connectivity index (χ0v) is 16.0. The Morgan fingerprint density at radius 3 is 2.54 bits per heavy atom. The number of rotatable bonds is 5. The van der Waals surface area contributed by atoms with Crippen molar-refractivity contribution in [3.8, 4) is 17.0 Å². The van der Waals surface area contributed by atoms with Crippen LogP contribution in [0, 0.1) is 0 Å². The van der Waals surface area contributed by atoms with E-state index in [0.717, 1.165) is 29.0 Å². The number of ether oxygens (including phenoxy) is 1. The van der Waals surface area contributed by atoms with Gasteiger partial charge in [-0.15, -0.1) is 11.3 Å². The third-order valence-corrected chi connectivity index (χ3v) is 5.40. The van der Waals surface area contributed by atoms with Gasteiger partial charge >= 0.3 is 0 Å². The van der Waals surface area contributed by atoms with Crippen LogP contribution in [0.3, 0.4) is 0 Å². The van der Waals surface area contributed by atoms with E-state index in [-0.39, 0.29) is 5.91 Å². The smallest absolute Gasteiger partial charge is 0.279 e. The number of hydrogen-bond donors (Lipinski definition) is 0. The number of hydrogen-bond acceptors (Lipinski definition) is 3. The first-order valence-corrected chi connectivity index (χ1v) is 9.50. The van der Waals surface area contributed by atoms with Gasteiger partial charge in [-0.2, -0.15) is 4.99 Å². The predicted octanol–water partition coefficient (Wildman–Crippen LogP) is 4.55.